The van der Waals surface area contributed by atoms with E-state index in [1.807, 2.05) is 13.0 Å². The van der Waals surface area contributed by atoms with Crippen molar-refractivity contribution in [2.45, 2.75) is 64.3 Å². The molecule has 1 aromatic heterocycles. The van der Waals surface area contributed by atoms with E-state index in [1.54, 1.807) is 6.20 Å². The monoisotopic (exact) mass is 399 g/mol. The van der Waals surface area contributed by atoms with Crippen LogP contribution in [0.25, 0.3) is 0 Å². The van der Waals surface area contributed by atoms with E-state index in [-0.39, 0.29) is 23.0 Å². The molecule has 0 bridgehead atoms. The lowest BCUT2D eigenvalue weighted by Crippen LogP contribution is -2.41. The van der Waals surface area contributed by atoms with Crippen molar-refractivity contribution in [2.75, 3.05) is 6.61 Å². The van der Waals surface area contributed by atoms with E-state index in [0.29, 0.717) is 13.0 Å². The van der Waals surface area contributed by atoms with Crippen LogP contribution in [0.15, 0.2) is 16.7 Å². The number of fused-ring (bicyclic) bond motifs is 1. The van der Waals surface area contributed by atoms with Crippen molar-refractivity contribution in [1.29, 1.82) is 0 Å². The molecule has 23 heavy (non-hydrogen) atoms. The highest BCUT2D eigenvalue weighted by Crippen LogP contribution is 2.47. The van der Waals surface area contributed by atoms with Gasteiger partial charge in [0.25, 0.3) is 0 Å². The molecule has 2 rings (SSSR count). The van der Waals surface area contributed by atoms with Crippen molar-refractivity contribution in [2.24, 2.45) is 0 Å². The molecule has 1 aromatic rings. The predicted octanol–water partition coefficient (Wildman–Crippen LogP) is 4.96. The summed E-state index contributed by atoms with van der Waals surface area (Å²) < 4.78 is 12.7. The van der Waals surface area contributed by atoms with Crippen molar-refractivity contribution >= 4 is 30.2 Å². The number of pyridine rings is 1. The highest BCUT2D eigenvalue weighted by atomic mass is 79.9. The molecule has 1 aliphatic rings. The van der Waals surface area contributed by atoms with Gasteiger partial charge in [0.05, 0.1) is 18.4 Å². The number of hydrogen-bond acceptors (Lipinski definition) is 4. The minimum absolute atomic E-state index is 0.0923. The van der Waals surface area contributed by atoms with Crippen LogP contribution < -0.4 is 0 Å². The number of nitrogens with zero attached hydrogens (tertiary/aromatic N) is 1. The lowest BCUT2D eigenvalue weighted by Gasteiger charge is -2.38. The molecule has 128 valence electrons. The van der Waals surface area contributed by atoms with Crippen molar-refractivity contribution in [1.82, 2.24) is 4.98 Å². The number of carbonyl (C=O) groups is 1. The van der Waals surface area contributed by atoms with Gasteiger partial charge in [-0.05, 0) is 53.5 Å². The molecule has 2 atom stereocenters. The third-order valence-electron chi connectivity index (χ3n) is 4.86. The molecule has 0 saturated carbocycles. The van der Waals surface area contributed by atoms with Crippen molar-refractivity contribution in [3.8, 4) is 0 Å². The largest absolute Gasteiger partial charge is 0.465 e. The Morgan fingerprint density at radius 3 is 2.65 bits per heavy atom. The van der Waals surface area contributed by atoms with Crippen LogP contribution in [-0.2, 0) is 14.0 Å². The Bertz CT molecular complexity index is 598. The van der Waals surface area contributed by atoms with Crippen LogP contribution in [0.5, 0.6) is 0 Å². The third-order valence-corrected chi connectivity index (χ3v) is 9.78. The van der Waals surface area contributed by atoms with E-state index >= 15 is 0 Å². The summed E-state index contributed by atoms with van der Waals surface area (Å²) in [7, 11) is -1.93. The van der Waals surface area contributed by atoms with Crippen LogP contribution in [0.2, 0.25) is 18.1 Å². The van der Waals surface area contributed by atoms with Gasteiger partial charge in [-0.25, -0.2) is 0 Å². The minimum Gasteiger partial charge on any atom is -0.465 e. The number of carbonyl (C=O) groups excluding carboxylic acids is 1. The number of hydrogen-bond donors (Lipinski definition) is 0. The van der Waals surface area contributed by atoms with E-state index in [9.17, 15) is 4.79 Å². The molecule has 2 unspecified atom stereocenters. The highest BCUT2D eigenvalue weighted by molar-refractivity contribution is 9.10. The molecular formula is C17H26BrNO3Si. The molecule has 0 aliphatic heterocycles. The summed E-state index contributed by atoms with van der Waals surface area (Å²) in [6.07, 6.45) is 2.26. The summed E-state index contributed by atoms with van der Waals surface area (Å²) in [6, 6.07) is 2.03. The molecule has 4 nitrogen and oxygen atoms in total. The van der Waals surface area contributed by atoms with E-state index in [1.165, 1.54) is 0 Å². The van der Waals surface area contributed by atoms with Gasteiger partial charge in [-0.15, -0.1) is 0 Å². The lowest BCUT2D eigenvalue weighted by atomic mass is 10.1. The topological polar surface area (TPSA) is 48.4 Å². The van der Waals surface area contributed by atoms with Crippen molar-refractivity contribution in [3.05, 3.63) is 28.0 Å². The Morgan fingerprint density at radius 1 is 1.43 bits per heavy atom. The SMILES string of the molecule is CCOC(=O)C1CC(O[Si](C)(C)C(C)(C)C)c2cc(Br)cnc21. The number of esters is 1. The maximum atomic E-state index is 12.3. The van der Waals surface area contributed by atoms with E-state index in [4.69, 9.17) is 9.16 Å². The molecule has 0 N–H and O–H groups in total. The summed E-state index contributed by atoms with van der Waals surface area (Å²) in [5.74, 6) is -0.530. The van der Waals surface area contributed by atoms with Crippen LogP contribution in [0.3, 0.4) is 0 Å². The van der Waals surface area contributed by atoms with Gasteiger partial charge >= 0.3 is 5.97 Å². The predicted molar refractivity (Wildman–Crippen MR) is 97.0 cm³/mol. The zero-order chi connectivity index (χ0) is 17.4. The molecule has 0 spiro atoms. The summed E-state index contributed by atoms with van der Waals surface area (Å²) in [5, 5.41) is 0.120. The zero-order valence-corrected chi connectivity index (χ0v) is 17.4. The number of halogens is 1. The summed E-state index contributed by atoms with van der Waals surface area (Å²) in [5.41, 5.74) is 1.82. The first-order valence-electron chi connectivity index (χ1n) is 8.06. The molecule has 1 aliphatic carbocycles. The van der Waals surface area contributed by atoms with Gasteiger partial charge in [-0.3, -0.25) is 9.78 Å². The smallest absolute Gasteiger partial charge is 0.315 e. The maximum Gasteiger partial charge on any atom is 0.315 e. The van der Waals surface area contributed by atoms with Crippen LogP contribution in [0.4, 0.5) is 0 Å². The van der Waals surface area contributed by atoms with Crippen molar-refractivity contribution in [3.63, 3.8) is 0 Å². The van der Waals surface area contributed by atoms with E-state index < -0.39 is 8.32 Å². The molecule has 1 heterocycles. The first-order valence-corrected chi connectivity index (χ1v) is 11.8. The number of aromatic nitrogens is 1. The number of rotatable bonds is 4. The quantitative estimate of drug-likeness (QED) is 0.530. The van der Waals surface area contributed by atoms with Crippen LogP contribution in [-0.4, -0.2) is 25.9 Å². The van der Waals surface area contributed by atoms with Gasteiger partial charge in [0.1, 0.15) is 5.92 Å². The van der Waals surface area contributed by atoms with Crippen LogP contribution in [0, 0.1) is 0 Å². The number of ether oxygens (including phenoxy) is 1. The van der Waals surface area contributed by atoms with Gasteiger partial charge in [0, 0.05) is 16.2 Å². The van der Waals surface area contributed by atoms with Gasteiger partial charge < -0.3 is 9.16 Å². The first-order chi connectivity index (χ1) is 10.6. The zero-order valence-electron chi connectivity index (χ0n) is 14.8. The second-order valence-electron chi connectivity index (χ2n) is 7.54. The maximum absolute atomic E-state index is 12.3. The van der Waals surface area contributed by atoms with E-state index in [0.717, 1.165) is 15.7 Å². The molecule has 6 heteroatoms. The molecule has 0 saturated heterocycles. The second kappa shape index (κ2) is 6.65. The Morgan fingerprint density at radius 2 is 2.09 bits per heavy atom. The highest BCUT2D eigenvalue weighted by Gasteiger charge is 2.44. The summed E-state index contributed by atoms with van der Waals surface area (Å²) in [4.78, 5) is 16.8. The summed E-state index contributed by atoms with van der Waals surface area (Å²) in [6.45, 7) is 13.3. The van der Waals surface area contributed by atoms with Crippen LogP contribution >= 0.6 is 15.9 Å². The third kappa shape index (κ3) is 3.86. The molecule has 0 amide bonds. The minimum atomic E-state index is -1.93. The first kappa shape index (κ1) is 18.6. The normalized spacial score (nSPS) is 21.2. The Labute approximate surface area is 148 Å². The van der Waals surface area contributed by atoms with Gasteiger partial charge in [0.2, 0.25) is 0 Å². The Kier molecular flexibility index (Phi) is 5.38. The average Bonchev–Trinajstić information content (AvgIpc) is 2.75. The molecule has 0 fully saturated rings. The van der Waals surface area contributed by atoms with Gasteiger partial charge in [0.15, 0.2) is 8.32 Å². The van der Waals surface area contributed by atoms with Crippen LogP contribution in [0.1, 0.15) is 57.4 Å². The lowest BCUT2D eigenvalue weighted by molar-refractivity contribution is -0.145. The molecule has 0 aromatic carbocycles. The van der Waals surface area contributed by atoms with Gasteiger partial charge in [-0.2, -0.15) is 0 Å². The fraction of sp³-hybridized carbons (Fsp3) is 0.647. The van der Waals surface area contributed by atoms with Crippen molar-refractivity contribution < 1.29 is 14.0 Å². The standard InChI is InChI=1S/C17H26BrNO3Si/c1-7-21-16(20)13-9-14(22-23(5,6)17(2,3)4)12-8-11(18)10-19-15(12)13/h8,10,13-14H,7,9H2,1-6H3. The fourth-order valence-corrected chi connectivity index (χ4v) is 4.20. The second-order valence-corrected chi connectivity index (χ2v) is 13.2. The Hall–Kier alpha value is -0.723. The van der Waals surface area contributed by atoms with Gasteiger partial charge in [-0.1, -0.05) is 20.8 Å². The fourth-order valence-electron chi connectivity index (χ4n) is 2.56. The average molecular weight is 400 g/mol. The van der Waals surface area contributed by atoms with E-state index in [2.05, 4.69) is 54.8 Å². The molecule has 0 radical (unpaired) electrons. The molecular weight excluding hydrogens is 374 g/mol. The summed E-state index contributed by atoms with van der Waals surface area (Å²) >= 11 is 3.48. The Balaban J connectivity index is 2.33.